The first kappa shape index (κ1) is 26.4. The molecule has 7 heteroatoms. The molecule has 0 aliphatic carbocycles. The van der Waals surface area contributed by atoms with Gasteiger partial charge in [0.15, 0.2) is 0 Å². The molecule has 1 unspecified atom stereocenters. The number of hydrogen-bond acceptors (Lipinski definition) is 4. The number of carbonyl (C=O) groups is 1. The van der Waals surface area contributed by atoms with Crippen molar-refractivity contribution in [1.82, 2.24) is 0 Å². The van der Waals surface area contributed by atoms with E-state index in [9.17, 15) is 13.4 Å². The third kappa shape index (κ3) is 7.37. The lowest BCUT2D eigenvalue weighted by Gasteiger charge is -2.40. The predicted molar refractivity (Wildman–Crippen MR) is 138 cm³/mol. The Morgan fingerprint density at radius 1 is 1.12 bits per heavy atom. The summed E-state index contributed by atoms with van der Waals surface area (Å²) >= 11 is 0. The number of benzene rings is 2. The first-order chi connectivity index (χ1) is 16.0. The van der Waals surface area contributed by atoms with E-state index < -0.39 is 9.93 Å². The number of nitrogens with zero attached hydrogens (tertiary/aromatic N) is 1. The van der Waals surface area contributed by atoms with Crippen LogP contribution < -0.4 is 9.64 Å². The van der Waals surface area contributed by atoms with Crippen LogP contribution in [-0.4, -0.2) is 46.7 Å². The first-order valence-corrected chi connectivity index (χ1v) is 14.8. The van der Waals surface area contributed by atoms with Crippen LogP contribution in [0, 0.1) is 5.82 Å². The van der Waals surface area contributed by atoms with Gasteiger partial charge in [0.1, 0.15) is 17.7 Å². The number of rotatable bonds is 12. The van der Waals surface area contributed by atoms with Gasteiger partial charge in [-0.25, -0.2) is 4.39 Å². The third-order valence-electron chi connectivity index (χ3n) is 6.26. The Morgan fingerprint density at radius 2 is 1.76 bits per heavy atom. The summed E-state index contributed by atoms with van der Waals surface area (Å²) < 4.78 is 37.5. The van der Waals surface area contributed by atoms with E-state index >= 15 is 0 Å². The SMILES string of the molecule is CCC(CCOC(C)(C)CC[SH](C)(C)=O)Oc1ccc([C@@H]2CC(=O)N2c2ccc(F)cc2)cc1. The molecule has 0 spiro atoms. The van der Waals surface area contributed by atoms with Crippen molar-refractivity contribution in [3.63, 3.8) is 0 Å². The predicted octanol–water partition coefficient (Wildman–Crippen LogP) is 5.31. The van der Waals surface area contributed by atoms with E-state index in [-0.39, 0.29) is 29.5 Å². The summed E-state index contributed by atoms with van der Waals surface area (Å²) in [5, 5.41) is 0. The fourth-order valence-electron chi connectivity index (χ4n) is 3.99. The van der Waals surface area contributed by atoms with Gasteiger partial charge in [-0.2, -0.15) is 0 Å². The molecule has 0 N–H and O–H groups in total. The number of hydrogen-bond donors (Lipinski definition) is 1. The second-order valence-electron chi connectivity index (χ2n) is 10.1. The van der Waals surface area contributed by atoms with Crippen LogP contribution in [0.2, 0.25) is 0 Å². The fraction of sp³-hybridized carbons (Fsp3) is 0.519. The molecule has 1 heterocycles. The van der Waals surface area contributed by atoms with Gasteiger partial charge < -0.3 is 14.4 Å². The first-order valence-electron chi connectivity index (χ1n) is 12.0. The Morgan fingerprint density at radius 3 is 2.32 bits per heavy atom. The minimum atomic E-state index is -2.04. The van der Waals surface area contributed by atoms with Crippen molar-refractivity contribution in [2.75, 3.05) is 29.8 Å². The van der Waals surface area contributed by atoms with Crippen molar-refractivity contribution in [3.05, 3.63) is 59.9 Å². The van der Waals surface area contributed by atoms with Gasteiger partial charge in [-0.3, -0.25) is 9.00 Å². The fourth-order valence-corrected chi connectivity index (χ4v) is 5.07. The molecule has 188 valence electrons. The van der Waals surface area contributed by atoms with Crippen LogP contribution in [-0.2, 0) is 19.5 Å². The van der Waals surface area contributed by atoms with E-state index in [1.807, 2.05) is 50.6 Å². The van der Waals surface area contributed by atoms with E-state index in [1.165, 1.54) is 12.1 Å². The topological polar surface area (TPSA) is 55.8 Å². The van der Waals surface area contributed by atoms with Gasteiger partial charge in [-0.1, -0.05) is 19.1 Å². The van der Waals surface area contributed by atoms with E-state index in [1.54, 1.807) is 17.0 Å². The van der Waals surface area contributed by atoms with Gasteiger partial charge in [-0.15, -0.1) is 9.93 Å². The lowest BCUT2D eigenvalue weighted by atomic mass is 9.93. The van der Waals surface area contributed by atoms with Crippen LogP contribution >= 0.6 is 0 Å². The highest BCUT2D eigenvalue weighted by Gasteiger charge is 2.38. The number of ether oxygens (including phenoxy) is 2. The monoisotopic (exact) mass is 491 g/mol. The number of carbonyl (C=O) groups excluding carboxylic acids is 1. The molecule has 1 aliphatic heterocycles. The quantitative estimate of drug-likeness (QED) is 0.323. The van der Waals surface area contributed by atoms with Crippen LogP contribution in [0.15, 0.2) is 48.5 Å². The smallest absolute Gasteiger partial charge is 0.230 e. The van der Waals surface area contributed by atoms with Crippen molar-refractivity contribution in [2.24, 2.45) is 0 Å². The van der Waals surface area contributed by atoms with Gasteiger partial charge in [0, 0.05) is 17.9 Å². The van der Waals surface area contributed by atoms with E-state index in [4.69, 9.17) is 9.47 Å². The highest BCUT2D eigenvalue weighted by molar-refractivity contribution is 8.01. The molecule has 1 aliphatic rings. The lowest BCUT2D eigenvalue weighted by Crippen LogP contribution is -2.46. The second kappa shape index (κ2) is 11.0. The number of anilines is 1. The van der Waals surface area contributed by atoms with Gasteiger partial charge in [0.25, 0.3) is 0 Å². The Bertz CT molecular complexity index is 1000. The standard InChI is InChI=1S/C27H38FNO4S/c1-6-23(15-17-32-27(2,3)16-18-34(4,5)31)33-24-13-7-20(8-14-24)25-19-26(30)29(25)22-11-9-21(28)10-12-22/h7-14,23,25,34H,6,15-19H2,1-5H3/t23?,25-/m0/s1. The largest absolute Gasteiger partial charge is 0.490 e. The van der Waals surface area contributed by atoms with Crippen LogP contribution in [0.1, 0.15) is 58.1 Å². The third-order valence-corrected chi connectivity index (χ3v) is 7.56. The molecular formula is C27H38FNO4S. The molecule has 2 aromatic rings. The maximum Gasteiger partial charge on any atom is 0.230 e. The Balaban J connectivity index is 1.52. The van der Waals surface area contributed by atoms with Crippen molar-refractivity contribution in [2.45, 2.75) is 64.2 Å². The van der Waals surface area contributed by atoms with Crippen LogP contribution in [0.3, 0.4) is 0 Å². The Kier molecular flexibility index (Phi) is 8.52. The summed E-state index contributed by atoms with van der Waals surface area (Å²) in [5.74, 6) is 1.19. The highest BCUT2D eigenvalue weighted by Crippen LogP contribution is 2.39. The number of β-lactam (4-membered cyclic amide) rings is 1. The number of halogens is 1. The number of thiol groups is 1. The van der Waals surface area contributed by atoms with E-state index in [0.29, 0.717) is 24.5 Å². The van der Waals surface area contributed by atoms with Crippen molar-refractivity contribution in [3.8, 4) is 5.75 Å². The molecule has 2 atom stereocenters. The van der Waals surface area contributed by atoms with Gasteiger partial charge in [0.2, 0.25) is 5.91 Å². The average Bonchev–Trinajstić information content (AvgIpc) is 2.77. The summed E-state index contributed by atoms with van der Waals surface area (Å²) in [7, 11) is -2.04. The van der Waals surface area contributed by atoms with Crippen molar-refractivity contribution < 1.29 is 22.9 Å². The molecule has 0 saturated carbocycles. The molecule has 1 fully saturated rings. The normalized spacial score (nSPS) is 17.9. The Labute approximate surface area is 204 Å². The van der Waals surface area contributed by atoms with Gasteiger partial charge in [0.05, 0.1) is 24.7 Å². The average molecular weight is 492 g/mol. The zero-order chi connectivity index (χ0) is 24.9. The minimum Gasteiger partial charge on any atom is -0.490 e. The summed E-state index contributed by atoms with van der Waals surface area (Å²) in [5.41, 5.74) is 1.43. The molecule has 0 aromatic heterocycles. The lowest BCUT2D eigenvalue weighted by molar-refractivity contribution is -0.124. The summed E-state index contributed by atoms with van der Waals surface area (Å²) in [6.07, 6.45) is 6.51. The molecule has 0 radical (unpaired) electrons. The molecule has 34 heavy (non-hydrogen) atoms. The molecule has 0 bridgehead atoms. The van der Waals surface area contributed by atoms with Crippen molar-refractivity contribution in [1.29, 1.82) is 0 Å². The summed E-state index contributed by atoms with van der Waals surface area (Å²) in [6, 6.07) is 13.8. The van der Waals surface area contributed by atoms with E-state index in [0.717, 1.165) is 30.6 Å². The maximum absolute atomic E-state index is 13.2. The Hall–Kier alpha value is -2.25. The van der Waals surface area contributed by atoms with E-state index in [2.05, 4.69) is 6.92 Å². The minimum absolute atomic E-state index is 0.0334. The zero-order valence-corrected chi connectivity index (χ0v) is 21.8. The summed E-state index contributed by atoms with van der Waals surface area (Å²) in [6.45, 7) is 6.76. The van der Waals surface area contributed by atoms with Crippen LogP contribution in [0.5, 0.6) is 5.75 Å². The van der Waals surface area contributed by atoms with Crippen LogP contribution in [0.25, 0.3) is 0 Å². The molecule has 1 saturated heterocycles. The summed E-state index contributed by atoms with van der Waals surface area (Å²) in [4.78, 5) is 13.9. The molecular weight excluding hydrogens is 453 g/mol. The van der Waals surface area contributed by atoms with Crippen LogP contribution in [0.4, 0.5) is 10.1 Å². The highest BCUT2D eigenvalue weighted by atomic mass is 32.2. The van der Waals surface area contributed by atoms with Crippen molar-refractivity contribution >= 4 is 21.5 Å². The molecule has 1 amide bonds. The molecule has 5 nitrogen and oxygen atoms in total. The molecule has 3 rings (SSSR count). The maximum atomic E-state index is 13.2. The molecule has 2 aromatic carbocycles. The number of amides is 1. The van der Waals surface area contributed by atoms with Gasteiger partial charge >= 0.3 is 0 Å². The van der Waals surface area contributed by atoms with Gasteiger partial charge in [-0.05, 0) is 81.2 Å². The zero-order valence-electron chi connectivity index (χ0n) is 20.9. The second-order valence-corrected chi connectivity index (χ2v) is 13.7.